The van der Waals surface area contributed by atoms with Crippen molar-refractivity contribution in [1.29, 1.82) is 0 Å². The van der Waals surface area contributed by atoms with Crippen molar-refractivity contribution in [1.82, 2.24) is 0 Å². The van der Waals surface area contributed by atoms with Crippen LogP contribution in [0.2, 0.25) is 0 Å². The maximum atomic E-state index is 5.66. The van der Waals surface area contributed by atoms with Crippen LogP contribution < -0.4 is 4.74 Å². The predicted molar refractivity (Wildman–Crippen MR) is 66.7 cm³/mol. The summed E-state index contributed by atoms with van der Waals surface area (Å²) in [5.41, 5.74) is 1.14. The van der Waals surface area contributed by atoms with Crippen molar-refractivity contribution >= 4 is 17.1 Å². The average Bonchev–Trinajstić information content (AvgIpc) is 3.10. The van der Waals surface area contributed by atoms with E-state index in [-0.39, 0.29) is 0 Å². The topological polar surface area (TPSA) is 9.23 Å². The zero-order chi connectivity index (χ0) is 10.7. The Morgan fingerprint density at radius 2 is 2.00 bits per heavy atom. The van der Waals surface area contributed by atoms with E-state index >= 15 is 0 Å². The van der Waals surface area contributed by atoms with Crippen LogP contribution in [0.4, 0.5) is 0 Å². The zero-order valence-corrected chi connectivity index (χ0v) is 9.85. The largest absolute Gasteiger partial charge is 0.493 e. The van der Waals surface area contributed by atoms with Gasteiger partial charge in [-0.2, -0.15) is 0 Å². The lowest BCUT2D eigenvalue weighted by atomic mass is 10.1. The van der Waals surface area contributed by atoms with Gasteiger partial charge in [0.05, 0.1) is 6.61 Å². The quantitative estimate of drug-likeness (QED) is 0.554. The van der Waals surface area contributed by atoms with Crippen LogP contribution in [0.3, 0.4) is 0 Å². The Kier molecular flexibility index (Phi) is 3.37. The Bertz CT molecular complexity index is 338. The van der Waals surface area contributed by atoms with Crippen LogP contribution in [-0.2, 0) is 0 Å². The van der Waals surface area contributed by atoms with E-state index in [1.54, 1.807) is 0 Å². The van der Waals surface area contributed by atoms with Gasteiger partial charge in [-0.15, -0.1) is 0 Å². The van der Waals surface area contributed by atoms with E-state index in [4.69, 9.17) is 17.0 Å². The summed E-state index contributed by atoms with van der Waals surface area (Å²) < 4.78 is 5.66. The summed E-state index contributed by atoms with van der Waals surface area (Å²) in [4.78, 5) is 1.02. The molecule has 1 aliphatic carbocycles. The molecule has 80 valence electrons. The monoisotopic (exact) mass is 220 g/mol. The first kappa shape index (κ1) is 10.6. The molecule has 0 atom stereocenters. The second kappa shape index (κ2) is 4.75. The maximum Gasteiger partial charge on any atom is 0.119 e. The summed E-state index contributed by atoms with van der Waals surface area (Å²) in [5.74, 6) is 1.77. The molecule has 1 nitrogen and oxygen atoms in total. The van der Waals surface area contributed by atoms with E-state index in [0.717, 1.165) is 35.1 Å². The molecule has 2 rings (SSSR count). The van der Waals surface area contributed by atoms with E-state index < -0.39 is 0 Å². The molecule has 15 heavy (non-hydrogen) atoms. The highest BCUT2D eigenvalue weighted by atomic mass is 32.1. The number of rotatable bonds is 5. The molecule has 0 amide bonds. The van der Waals surface area contributed by atoms with Crippen LogP contribution in [0.15, 0.2) is 24.3 Å². The summed E-state index contributed by atoms with van der Waals surface area (Å²) >= 11 is 5.24. The van der Waals surface area contributed by atoms with E-state index in [1.165, 1.54) is 12.8 Å². The molecule has 1 aromatic rings. The predicted octanol–water partition coefficient (Wildman–Crippen LogP) is 3.60. The summed E-state index contributed by atoms with van der Waals surface area (Å²) in [7, 11) is 0. The molecular weight excluding hydrogens is 204 g/mol. The first-order chi connectivity index (χ1) is 7.29. The molecule has 0 bridgehead atoms. The van der Waals surface area contributed by atoms with Gasteiger partial charge in [-0.1, -0.05) is 31.3 Å². The molecule has 1 aliphatic rings. The van der Waals surface area contributed by atoms with Crippen molar-refractivity contribution in [3.8, 4) is 5.75 Å². The minimum atomic E-state index is 0.807. The third-order valence-corrected chi connectivity index (χ3v) is 3.20. The molecule has 0 N–H and O–H groups in total. The SMILES string of the molecule is CCC(=S)c1ccc(OCC2CC2)cc1. The van der Waals surface area contributed by atoms with Crippen LogP contribution in [0.1, 0.15) is 31.7 Å². The number of benzene rings is 1. The molecule has 1 aromatic carbocycles. The first-order valence-electron chi connectivity index (χ1n) is 5.55. The van der Waals surface area contributed by atoms with E-state index in [0.29, 0.717) is 0 Å². The molecule has 0 aromatic heterocycles. The number of ether oxygens (including phenoxy) is 1. The van der Waals surface area contributed by atoms with Crippen molar-refractivity contribution in [3.05, 3.63) is 29.8 Å². The van der Waals surface area contributed by atoms with Crippen molar-refractivity contribution in [3.63, 3.8) is 0 Å². The van der Waals surface area contributed by atoms with Gasteiger partial charge in [-0.25, -0.2) is 0 Å². The lowest BCUT2D eigenvalue weighted by molar-refractivity contribution is 0.300. The summed E-state index contributed by atoms with van der Waals surface area (Å²) in [5, 5.41) is 0. The zero-order valence-electron chi connectivity index (χ0n) is 9.03. The Morgan fingerprint density at radius 3 is 2.53 bits per heavy atom. The fourth-order valence-corrected chi connectivity index (χ4v) is 1.58. The van der Waals surface area contributed by atoms with Gasteiger partial charge in [0.1, 0.15) is 5.75 Å². The highest BCUT2D eigenvalue weighted by molar-refractivity contribution is 7.80. The van der Waals surface area contributed by atoms with Gasteiger partial charge >= 0.3 is 0 Å². The van der Waals surface area contributed by atoms with Crippen molar-refractivity contribution in [2.24, 2.45) is 5.92 Å². The van der Waals surface area contributed by atoms with Gasteiger partial charge in [0.25, 0.3) is 0 Å². The molecule has 1 saturated carbocycles. The third kappa shape index (κ3) is 3.03. The Hall–Kier alpha value is -0.890. The molecule has 0 spiro atoms. The Balaban J connectivity index is 1.93. The summed E-state index contributed by atoms with van der Waals surface area (Å²) in [6, 6.07) is 8.13. The molecule has 0 aliphatic heterocycles. The first-order valence-corrected chi connectivity index (χ1v) is 5.96. The smallest absolute Gasteiger partial charge is 0.119 e. The van der Waals surface area contributed by atoms with Gasteiger partial charge in [0, 0.05) is 4.86 Å². The van der Waals surface area contributed by atoms with Crippen molar-refractivity contribution in [2.75, 3.05) is 6.61 Å². The molecule has 0 radical (unpaired) electrons. The van der Waals surface area contributed by atoms with E-state index in [9.17, 15) is 0 Å². The lowest BCUT2D eigenvalue weighted by Gasteiger charge is -2.06. The van der Waals surface area contributed by atoms with E-state index in [2.05, 4.69) is 6.92 Å². The number of hydrogen-bond donors (Lipinski definition) is 0. The van der Waals surface area contributed by atoms with E-state index in [1.807, 2.05) is 24.3 Å². The van der Waals surface area contributed by atoms with Crippen LogP contribution in [0.25, 0.3) is 0 Å². The van der Waals surface area contributed by atoms with Crippen LogP contribution in [0, 0.1) is 5.92 Å². The van der Waals surface area contributed by atoms with Gasteiger partial charge in [0.15, 0.2) is 0 Å². The number of thiocarbonyl (C=S) groups is 1. The maximum absolute atomic E-state index is 5.66. The summed E-state index contributed by atoms with van der Waals surface area (Å²) in [6.07, 6.45) is 3.59. The molecule has 0 saturated heterocycles. The second-order valence-electron chi connectivity index (χ2n) is 4.06. The average molecular weight is 220 g/mol. The van der Waals surface area contributed by atoms with Crippen LogP contribution in [0.5, 0.6) is 5.75 Å². The molecule has 1 fully saturated rings. The molecular formula is C13H16OS. The standard InChI is InChI=1S/C13H16OS/c1-2-13(15)11-5-7-12(8-6-11)14-9-10-3-4-10/h5-8,10H,2-4,9H2,1H3. The van der Waals surface area contributed by atoms with Crippen LogP contribution in [-0.4, -0.2) is 11.5 Å². The van der Waals surface area contributed by atoms with Crippen LogP contribution >= 0.6 is 12.2 Å². The Morgan fingerprint density at radius 1 is 1.33 bits per heavy atom. The molecule has 2 heteroatoms. The Labute approximate surface area is 96.5 Å². The highest BCUT2D eigenvalue weighted by Gasteiger charge is 2.21. The van der Waals surface area contributed by atoms with Gasteiger partial charge < -0.3 is 4.74 Å². The molecule has 0 unspecified atom stereocenters. The molecule has 0 heterocycles. The minimum Gasteiger partial charge on any atom is -0.493 e. The van der Waals surface area contributed by atoms with Crippen molar-refractivity contribution < 1.29 is 4.74 Å². The lowest BCUT2D eigenvalue weighted by Crippen LogP contribution is -1.99. The third-order valence-electron chi connectivity index (χ3n) is 2.68. The number of hydrogen-bond acceptors (Lipinski definition) is 2. The fourth-order valence-electron chi connectivity index (χ4n) is 1.44. The second-order valence-corrected chi connectivity index (χ2v) is 4.55. The van der Waals surface area contributed by atoms with Gasteiger partial charge in [-0.05, 0) is 42.9 Å². The highest BCUT2D eigenvalue weighted by Crippen LogP contribution is 2.29. The van der Waals surface area contributed by atoms with Gasteiger partial charge in [-0.3, -0.25) is 0 Å². The normalized spacial score (nSPS) is 15.0. The minimum absolute atomic E-state index is 0.807. The fraction of sp³-hybridized carbons (Fsp3) is 0.462. The van der Waals surface area contributed by atoms with Gasteiger partial charge in [0.2, 0.25) is 0 Å². The summed E-state index contributed by atoms with van der Waals surface area (Å²) in [6.45, 7) is 2.96. The van der Waals surface area contributed by atoms with Crippen molar-refractivity contribution in [2.45, 2.75) is 26.2 Å².